The molecular weight excluding hydrogens is 396 g/mol. The van der Waals surface area contributed by atoms with Crippen LogP contribution in [0.5, 0.6) is 0 Å². The maximum atomic E-state index is 13.0. The highest BCUT2D eigenvalue weighted by molar-refractivity contribution is 5.94. The van der Waals surface area contributed by atoms with Crippen molar-refractivity contribution >= 4 is 11.9 Å². The molecule has 0 aromatic carbocycles. The molecule has 1 unspecified atom stereocenters. The standard InChI is InChI=1S/C22H38N6O3/c1-6-28-17(2)20(15-23-28)21(29)25(5)11-12-27(18-8-13-31-14-9-18)19-7-10-26(16-19)22(30)24(3)4/h15,18-19H,6-14,16H2,1-5H3. The average molecular weight is 435 g/mol. The maximum Gasteiger partial charge on any atom is 0.319 e. The number of amides is 3. The Balaban J connectivity index is 1.65. The quantitative estimate of drug-likeness (QED) is 0.651. The normalized spacial score (nSPS) is 19.8. The maximum absolute atomic E-state index is 13.0. The second-order valence-corrected chi connectivity index (χ2v) is 8.83. The fraction of sp³-hybridized carbons (Fsp3) is 0.773. The summed E-state index contributed by atoms with van der Waals surface area (Å²) in [6.07, 6.45) is 4.64. The van der Waals surface area contributed by atoms with Crippen LogP contribution in [0.2, 0.25) is 0 Å². The Morgan fingerprint density at radius 2 is 1.84 bits per heavy atom. The number of carbonyl (C=O) groups is 2. The van der Waals surface area contributed by atoms with Gasteiger partial charge >= 0.3 is 6.03 Å². The molecule has 3 heterocycles. The minimum absolute atomic E-state index is 0.0139. The summed E-state index contributed by atoms with van der Waals surface area (Å²) in [5.74, 6) is 0.0139. The number of hydrogen-bond donors (Lipinski definition) is 0. The van der Waals surface area contributed by atoms with Crippen LogP contribution >= 0.6 is 0 Å². The molecule has 0 radical (unpaired) electrons. The van der Waals surface area contributed by atoms with Crippen LogP contribution in [0.15, 0.2) is 6.20 Å². The van der Waals surface area contributed by atoms with Crippen molar-refractivity contribution < 1.29 is 14.3 Å². The van der Waals surface area contributed by atoms with Crippen molar-refractivity contribution in [2.24, 2.45) is 0 Å². The monoisotopic (exact) mass is 434 g/mol. The highest BCUT2D eigenvalue weighted by Gasteiger charge is 2.35. The van der Waals surface area contributed by atoms with Crippen molar-refractivity contribution in [3.8, 4) is 0 Å². The first kappa shape index (κ1) is 23.5. The van der Waals surface area contributed by atoms with Crippen molar-refractivity contribution in [3.63, 3.8) is 0 Å². The number of likely N-dealkylation sites (tertiary alicyclic amines) is 1. The van der Waals surface area contributed by atoms with E-state index in [0.717, 1.165) is 64.3 Å². The highest BCUT2D eigenvalue weighted by atomic mass is 16.5. The zero-order chi connectivity index (χ0) is 22.5. The zero-order valence-corrected chi connectivity index (χ0v) is 19.7. The summed E-state index contributed by atoms with van der Waals surface area (Å²) in [4.78, 5) is 33.3. The van der Waals surface area contributed by atoms with Gasteiger partial charge in [0.2, 0.25) is 0 Å². The number of rotatable bonds is 7. The number of aryl methyl sites for hydroxylation is 1. The van der Waals surface area contributed by atoms with Gasteiger partial charge in [0, 0.05) is 84.9 Å². The largest absolute Gasteiger partial charge is 0.381 e. The van der Waals surface area contributed by atoms with Crippen LogP contribution < -0.4 is 0 Å². The van der Waals surface area contributed by atoms with Gasteiger partial charge in [0.25, 0.3) is 5.91 Å². The number of hydrogen-bond acceptors (Lipinski definition) is 5. The fourth-order valence-electron chi connectivity index (χ4n) is 4.70. The molecule has 174 valence electrons. The van der Waals surface area contributed by atoms with E-state index in [1.165, 1.54) is 0 Å². The van der Waals surface area contributed by atoms with Crippen LogP contribution in [-0.2, 0) is 11.3 Å². The van der Waals surface area contributed by atoms with Gasteiger partial charge in [-0.3, -0.25) is 14.4 Å². The average Bonchev–Trinajstić information content (AvgIpc) is 3.40. The van der Waals surface area contributed by atoms with E-state index in [0.29, 0.717) is 24.2 Å². The molecule has 2 aliphatic heterocycles. The molecule has 0 aliphatic carbocycles. The molecule has 0 bridgehead atoms. The van der Waals surface area contributed by atoms with E-state index < -0.39 is 0 Å². The Morgan fingerprint density at radius 1 is 1.13 bits per heavy atom. The molecular formula is C22H38N6O3. The third kappa shape index (κ3) is 5.38. The summed E-state index contributed by atoms with van der Waals surface area (Å²) in [6.45, 7) is 9.24. The number of likely N-dealkylation sites (N-methyl/N-ethyl adjacent to an activating group) is 1. The van der Waals surface area contributed by atoms with Crippen molar-refractivity contribution in [2.45, 2.75) is 51.7 Å². The van der Waals surface area contributed by atoms with Gasteiger partial charge in [-0.15, -0.1) is 0 Å². The lowest BCUT2D eigenvalue weighted by Gasteiger charge is -2.39. The Morgan fingerprint density at radius 3 is 2.45 bits per heavy atom. The molecule has 2 aliphatic rings. The summed E-state index contributed by atoms with van der Waals surface area (Å²) in [6, 6.07) is 0.825. The Labute approximate surface area is 185 Å². The molecule has 9 heteroatoms. The molecule has 0 spiro atoms. The van der Waals surface area contributed by atoms with E-state index in [2.05, 4.69) is 10.00 Å². The number of aromatic nitrogens is 2. The third-order valence-electron chi connectivity index (χ3n) is 6.62. The van der Waals surface area contributed by atoms with Crippen LogP contribution in [0, 0.1) is 6.92 Å². The molecule has 2 fully saturated rings. The topological polar surface area (TPSA) is 74.2 Å². The highest BCUT2D eigenvalue weighted by Crippen LogP contribution is 2.24. The first-order chi connectivity index (χ1) is 14.8. The van der Waals surface area contributed by atoms with Gasteiger partial charge in [-0.2, -0.15) is 5.10 Å². The molecule has 3 rings (SSSR count). The second kappa shape index (κ2) is 10.5. The van der Waals surface area contributed by atoms with Gasteiger partial charge < -0.3 is 19.4 Å². The van der Waals surface area contributed by atoms with Crippen molar-refractivity contribution in [2.75, 3.05) is 60.5 Å². The summed E-state index contributed by atoms with van der Waals surface area (Å²) in [7, 11) is 5.47. The molecule has 9 nitrogen and oxygen atoms in total. The number of nitrogens with zero attached hydrogens (tertiary/aromatic N) is 6. The van der Waals surface area contributed by atoms with Gasteiger partial charge in [-0.1, -0.05) is 0 Å². The Kier molecular flexibility index (Phi) is 7.94. The molecule has 0 saturated carbocycles. The van der Waals surface area contributed by atoms with Crippen molar-refractivity contribution in [1.82, 2.24) is 29.4 Å². The van der Waals surface area contributed by atoms with Gasteiger partial charge in [0.05, 0.1) is 11.8 Å². The molecule has 1 aromatic heterocycles. The van der Waals surface area contributed by atoms with E-state index in [1.54, 1.807) is 30.1 Å². The summed E-state index contributed by atoms with van der Waals surface area (Å²) in [5.41, 5.74) is 1.58. The fourth-order valence-corrected chi connectivity index (χ4v) is 4.70. The molecule has 1 atom stereocenters. The Hall–Kier alpha value is -2.13. The summed E-state index contributed by atoms with van der Waals surface area (Å²) >= 11 is 0. The smallest absolute Gasteiger partial charge is 0.319 e. The lowest BCUT2D eigenvalue weighted by Crippen LogP contribution is -2.50. The molecule has 1 aromatic rings. The number of urea groups is 1. The van der Waals surface area contributed by atoms with Crippen LogP contribution in [0.25, 0.3) is 0 Å². The number of carbonyl (C=O) groups excluding carboxylic acids is 2. The summed E-state index contributed by atoms with van der Waals surface area (Å²) in [5, 5.41) is 4.31. The second-order valence-electron chi connectivity index (χ2n) is 8.83. The zero-order valence-electron chi connectivity index (χ0n) is 19.7. The SMILES string of the molecule is CCn1ncc(C(=O)N(C)CCN(C2CCOCC2)C2CCN(C(=O)N(C)C)C2)c1C. The first-order valence-electron chi connectivity index (χ1n) is 11.4. The lowest BCUT2D eigenvalue weighted by atomic mass is 10.0. The van der Waals surface area contributed by atoms with E-state index in [-0.39, 0.29) is 11.9 Å². The van der Waals surface area contributed by atoms with Gasteiger partial charge in [0.15, 0.2) is 0 Å². The minimum Gasteiger partial charge on any atom is -0.381 e. The summed E-state index contributed by atoms with van der Waals surface area (Å²) < 4.78 is 7.43. The van der Waals surface area contributed by atoms with E-state index in [1.807, 2.05) is 30.5 Å². The van der Waals surface area contributed by atoms with Gasteiger partial charge in [0.1, 0.15) is 0 Å². The first-order valence-corrected chi connectivity index (χ1v) is 11.4. The van der Waals surface area contributed by atoms with Crippen molar-refractivity contribution in [1.29, 1.82) is 0 Å². The predicted octanol–water partition coefficient (Wildman–Crippen LogP) is 1.52. The lowest BCUT2D eigenvalue weighted by molar-refractivity contribution is 0.0151. The van der Waals surface area contributed by atoms with Crippen LogP contribution in [-0.4, -0.2) is 114 Å². The van der Waals surface area contributed by atoms with Crippen LogP contribution in [0.4, 0.5) is 4.79 Å². The molecule has 3 amide bonds. The van der Waals surface area contributed by atoms with Crippen LogP contribution in [0.3, 0.4) is 0 Å². The van der Waals surface area contributed by atoms with E-state index in [4.69, 9.17) is 4.74 Å². The molecule has 2 saturated heterocycles. The van der Waals surface area contributed by atoms with E-state index >= 15 is 0 Å². The number of ether oxygens (including phenoxy) is 1. The molecule has 0 N–H and O–H groups in total. The van der Waals surface area contributed by atoms with Gasteiger partial charge in [-0.25, -0.2) is 4.79 Å². The van der Waals surface area contributed by atoms with Crippen LogP contribution in [0.1, 0.15) is 42.2 Å². The van der Waals surface area contributed by atoms with E-state index in [9.17, 15) is 9.59 Å². The predicted molar refractivity (Wildman–Crippen MR) is 119 cm³/mol. The van der Waals surface area contributed by atoms with Crippen molar-refractivity contribution in [3.05, 3.63) is 17.5 Å². The Bertz CT molecular complexity index is 758. The third-order valence-corrected chi connectivity index (χ3v) is 6.62. The molecule has 31 heavy (non-hydrogen) atoms. The minimum atomic E-state index is 0.0139. The van der Waals surface area contributed by atoms with Gasteiger partial charge in [-0.05, 0) is 33.1 Å².